The third kappa shape index (κ3) is 3.73. The SMILES string of the molecule is CN1C(=O)C(C(N)=NOCc2ccc(SC(F)F)cc2)=C(N)C12CCCC2. The molecule has 1 saturated carbocycles. The molecule has 1 aliphatic carbocycles. The van der Waals surface area contributed by atoms with Crippen LogP contribution < -0.4 is 11.5 Å². The van der Waals surface area contributed by atoms with Crippen LogP contribution >= 0.6 is 11.8 Å². The topological polar surface area (TPSA) is 93.9 Å². The van der Waals surface area contributed by atoms with Crippen molar-refractivity contribution in [1.29, 1.82) is 0 Å². The summed E-state index contributed by atoms with van der Waals surface area (Å²) in [5.74, 6) is -2.74. The molecule has 1 spiro atoms. The highest BCUT2D eigenvalue weighted by Crippen LogP contribution is 2.44. The summed E-state index contributed by atoms with van der Waals surface area (Å²) >= 11 is 0.479. The molecule has 6 nitrogen and oxygen atoms in total. The number of benzene rings is 1. The van der Waals surface area contributed by atoms with Crippen LogP contribution in [0.15, 0.2) is 45.6 Å². The summed E-state index contributed by atoms with van der Waals surface area (Å²) in [5.41, 5.74) is 13.2. The highest BCUT2D eigenvalue weighted by atomic mass is 32.2. The van der Waals surface area contributed by atoms with Crippen molar-refractivity contribution in [2.45, 2.75) is 48.5 Å². The molecule has 0 atom stereocenters. The van der Waals surface area contributed by atoms with Gasteiger partial charge in [0.15, 0.2) is 5.84 Å². The van der Waals surface area contributed by atoms with E-state index in [4.69, 9.17) is 16.3 Å². The molecule has 0 unspecified atom stereocenters. The van der Waals surface area contributed by atoms with Gasteiger partial charge in [0.2, 0.25) is 0 Å². The van der Waals surface area contributed by atoms with E-state index < -0.39 is 11.3 Å². The maximum Gasteiger partial charge on any atom is 0.288 e. The van der Waals surface area contributed by atoms with E-state index in [-0.39, 0.29) is 23.9 Å². The number of amidine groups is 1. The van der Waals surface area contributed by atoms with Gasteiger partial charge >= 0.3 is 0 Å². The van der Waals surface area contributed by atoms with Crippen molar-refractivity contribution >= 4 is 23.5 Å². The molecule has 146 valence electrons. The fourth-order valence-corrected chi connectivity index (χ4v) is 4.19. The van der Waals surface area contributed by atoms with Gasteiger partial charge in [-0.15, -0.1) is 0 Å². The largest absolute Gasteiger partial charge is 0.399 e. The van der Waals surface area contributed by atoms with Crippen LogP contribution in [0.1, 0.15) is 31.2 Å². The number of carbonyl (C=O) groups excluding carboxylic acids is 1. The van der Waals surface area contributed by atoms with Crippen molar-refractivity contribution in [3.8, 4) is 0 Å². The van der Waals surface area contributed by atoms with E-state index in [1.54, 1.807) is 36.2 Å². The first-order chi connectivity index (χ1) is 12.8. The quantitative estimate of drug-likeness (QED) is 0.334. The zero-order chi connectivity index (χ0) is 19.6. The number of rotatable bonds is 6. The average molecular weight is 396 g/mol. The molecule has 1 aromatic rings. The summed E-state index contributed by atoms with van der Waals surface area (Å²) < 4.78 is 24.6. The van der Waals surface area contributed by atoms with Gasteiger partial charge in [0, 0.05) is 11.9 Å². The van der Waals surface area contributed by atoms with Gasteiger partial charge in [-0.3, -0.25) is 4.79 Å². The van der Waals surface area contributed by atoms with Crippen molar-refractivity contribution in [2.75, 3.05) is 7.05 Å². The molecule has 1 amide bonds. The molecule has 2 aliphatic rings. The smallest absolute Gasteiger partial charge is 0.288 e. The van der Waals surface area contributed by atoms with Crippen molar-refractivity contribution in [2.24, 2.45) is 16.6 Å². The van der Waals surface area contributed by atoms with Crippen molar-refractivity contribution < 1.29 is 18.4 Å². The monoisotopic (exact) mass is 396 g/mol. The van der Waals surface area contributed by atoms with E-state index in [1.165, 1.54) is 0 Å². The third-order valence-corrected chi connectivity index (χ3v) is 5.88. The van der Waals surface area contributed by atoms with E-state index in [1.807, 2.05) is 0 Å². The minimum absolute atomic E-state index is 0.0435. The van der Waals surface area contributed by atoms with Crippen molar-refractivity contribution in [1.82, 2.24) is 4.90 Å². The highest BCUT2D eigenvalue weighted by molar-refractivity contribution is 7.99. The summed E-state index contributed by atoms with van der Waals surface area (Å²) in [6, 6.07) is 6.52. The van der Waals surface area contributed by atoms with Crippen molar-refractivity contribution in [3.63, 3.8) is 0 Å². The fourth-order valence-electron chi connectivity index (χ4n) is 3.69. The number of nitrogens with two attached hydrogens (primary N) is 2. The molecule has 3 rings (SSSR count). The standard InChI is InChI=1S/C18H22F2N4O2S/c1-24-16(25)13(14(21)18(24)8-2-3-9-18)15(22)23-26-10-11-4-6-12(7-5-11)27-17(19)20/h4-7,17H,2-3,8-10,21H2,1H3,(H2,22,23). The van der Waals surface area contributed by atoms with Gasteiger partial charge in [-0.05, 0) is 30.5 Å². The van der Waals surface area contributed by atoms with Crippen LogP contribution in [0.5, 0.6) is 0 Å². The number of halogens is 2. The second-order valence-electron chi connectivity index (χ2n) is 6.66. The molecule has 1 heterocycles. The van der Waals surface area contributed by atoms with Gasteiger partial charge in [-0.25, -0.2) is 0 Å². The van der Waals surface area contributed by atoms with Crippen LogP contribution in [0, 0.1) is 0 Å². The Balaban J connectivity index is 1.67. The van der Waals surface area contributed by atoms with Gasteiger partial charge in [0.25, 0.3) is 11.7 Å². The second kappa shape index (κ2) is 7.75. The maximum atomic E-state index is 12.6. The number of alkyl halides is 2. The molecule has 0 saturated heterocycles. The average Bonchev–Trinajstić information content (AvgIpc) is 3.18. The molecule has 27 heavy (non-hydrogen) atoms. The lowest BCUT2D eigenvalue weighted by Gasteiger charge is -2.33. The lowest BCUT2D eigenvalue weighted by atomic mass is 9.93. The van der Waals surface area contributed by atoms with E-state index in [9.17, 15) is 13.6 Å². The van der Waals surface area contributed by atoms with Gasteiger partial charge < -0.3 is 21.2 Å². The van der Waals surface area contributed by atoms with Crippen LogP contribution in [-0.2, 0) is 16.2 Å². The zero-order valence-electron chi connectivity index (χ0n) is 15.0. The number of nitrogens with zero attached hydrogens (tertiary/aromatic N) is 2. The Hall–Kier alpha value is -2.29. The van der Waals surface area contributed by atoms with E-state index in [0.29, 0.717) is 22.4 Å². The molecule has 9 heteroatoms. The summed E-state index contributed by atoms with van der Waals surface area (Å²) in [6.45, 7) is 0.0999. The molecule has 4 N–H and O–H groups in total. The summed E-state index contributed by atoms with van der Waals surface area (Å²) in [4.78, 5) is 20.0. The lowest BCUT2D eigenvalue weighted by Crippen LogP contribution is -2.45. The summed E-state index contributed by atoms with van der Waals surface area (Å²) in [5, 5.41) is 3.85. The molecular formula is C18H22F2N4O2S. The second-order valence-corrected chi connectivity index (χ2v) is 7.73. The van der Waals surface area contributed by atoms with Crippen LogP contribution in [0.3, 0.4) is 0 Å². The number of hydrogen-bond acceptors (Lipinski definition) is 5. The van der Waals surface area contributed by atoms with Crippen molar-refractivity contribution in [3.05, 3.63) is 41.1 Å². The first-order valence-electron chi connectivity index (χ1n) is 8.63. The van der Waals surface area contributed by atoms with E-state index >= 15 is 0 Å². The van der Waals surface area contributed by atoms with E-state index in [2.05, 4.69) is 5.16 Å². The Morgan fingerprint density at radius 3 is 2.56 bits per heavy atom. The first-order valence-corrected chi connectivity index (χ1v) is 9.51. The first kappa shape index (κ1) is 19.5. The Morgan fingerprint density at radius 1 is 1.33 bits per heavy atom. The fraction of sp³-hybridized carbons (Fsp3) is 0.444. The number of oxime groups is 1. The molecule has 0 bridgehead atoms. The number of carbonyl (C=O) groups is 1. The van der Waals surface area contributed by atoms with Gasteiger partial charge in [0.05, 0.1) is 11.2 Å². The normalized spacial score (nSPS) is 19.6. The zero-order valence-corrected chi connectivity index (χ0v) is 15.8. The maximum absolute atomic E-state index is 12.6. The molecule has 1 fully saturated rings. The number of thioether (sulfide) groups is 1. The van der Waals surface area contributed by atoms with Gasteiger partial charge in [-0.1, -0.05) is 41.9 Å². The van der Waals surface area contributed by atoms with Crippen LogP contribution in [0.2, 0.25) is 0 Å². The summed E-state index contributed by atoms with van der Waals surface area (Å²) in [6.07, 6.45) is 3.67. The van der Waals surface area contributed by atoms with Gasteiger partial charge in [0.1, 0.15) is 12.2 Å². The minimum Gasteiger partial charge on any atom is -0.399 e. The van der Waals surface area contributed by atoms with Crippen LogP contribution in [-0.4, -0.2) is 35.0 Å². The highest BCUT2D eigenvalue weighted by Gasteiger charge is 2.51. The van der Waals surface area contributed by atoms with Gasteiger partial charge in [-0.2, -0.15) is 8.78 Å². The third-order valence-electron chi connectivity index (χ3n) is 5.16. The number of likely N-dealkylation sites (N-methyl/N-ethyl adjacent to an activating group) is 1. The Morgan fingerprint density at radius 2 is 1.96 bits per heavy atom. The van der Waals surface area contributed by atoms with Crippen LogP contribution in [0.25, 0.3) is 0 Å². The molecule has 1 aliphatic heterocycles. The molecule has 1 aromatic carbocycles. The molecular weight excluding hydrogens is 374 g/mol. The Kier molecular flexibility index (Phi) is 5.59. The van der Waals surface area contributed by atoms with Crippen LogP contribution in [0.4, 0.5) is 8.78 Å². The minimum atomic E-state index is -2.46. The predicted molar refractivity (Wildman–Crippen MR) is 99.9 cm³/mol. The predicted octanol–water partition coefficient (Wildman–Crippen LogP) is 2.79. The summed E-state index contributed by atoms with van der Waals surface area (Å²) in [7, 11) is 1.74. The lowest BCUT2D eigenvalue weighted by molar-refractivity contribution is -0.127. The molecule has 0 radical (unpaired) electrons. The number of hydrogen-bond donors (Lipinski definition) is 2. The number of amides is 1. The molecule has 0 aromatic heterocycles. The Labute approximate surface area is 160 Å². The van der Waals surface area contributed by atoms with E-state index in [0.717, 1.165) is 31.2 Å². The Bertz CT molecular complexity index is 774.